The molecule has 0 spiro atoms. The molecule has 0 aromatic carbocycles. The van der Waals surface area contributed by atoms with Crippen LogP contribution in [0.4, 0.5) is 0 Å². The van der Waals surface area contributed by atoms with E-state index in [0.29, 0.717) is 0 Å². The van der Waals surface area contributed by atoms with Crippen LogP contribution >= 0.6 is 0 Å². The SMILES string of the molecule is B1NC=NN1. The number of nitrogens with zero attached hydrogens (tertiary/aromatic N) is 1. The molecule has 2 N–H and O–H groups in total. The fraction of sp³-hybridized carbons (Fsp3) is 0. The molecule has 0 aromatic heterocycles. The molecule has 1 heterocycles. The van der Waals surface area contributed by atoms with Gasteiger partial charge in [-0.05, 0) is 0 Å². The first-order valence-electron chi connectivity index (χ1n) is 1.48. The zero-order chi connectivity index (χ0) is 3.54. The first-order chi connectivity index (χ1) is 2.50. The van der Waals surface area contributed by atoms with E-state index in [4.69, 9.17) is 0 Å². The predicted molar refractivity (Wildman–Crippen MR) is 21.9 cm³/mol. The standard InChI is InChI=1S/CH4BN3/c1-3-2-5-4-1/h1-2,5H,(H,3,4). The Morgan fingerprint density at radius 3 is 3.00 bits per heavy atom. The molecular formula is CH4BN3. The lowest BCUT2D eigenvalue weighted by Gasteiger charge is -1.74. The molecule has 1 rings (SSSR count). The van der Waals surface area contributed by atoms with Gasteiger partial charge in [-0.2, -0.15) is 5.10 Å². The highest BCUT2D eigenvalue weighted by Crippen LogP contribution is 1.53. The van der Waals surface area contributed by atoms with E-state index in [-0.39, 0.29) is 0 Å². The van der Waals surface area contributed by atoms with Crippen LogP contribution in [0.2, 0.25) is 0 Å². The van der Waals surface area contributed by atoms with Crippen molar-refractivity contribution in [2.24, 2.45) is 5.10 Å². The quantitative estimate of drug-likeness (QED) is 0.335. The Hall–Kier alpha value is -0.665. The van der Waals surface area contributed by atoms with Gasteiger partial charge in [0.25, 0.3) is 0 Å². The van der Waals surface area contributed by atoms with E-state index in [9.17, 15) is 0 Å². The first kappa shape index (κ1) is 2.57. The van der Waals surface area contributed by atoms with Crippen molar-refractivity contribution in [1.82, 2.24) is 10.6 Å². The third-order valence-corrected chi connectivity index (χ3v) is 0.428. The van der Waals surface area contributed by atoms with Crippen LogP contribution in [0.15, 0.2) is 5.10 Å². The van der Waals surface area contributed by atoms with Crippen molar-refractivity contribution in [3.05, 3.63) is 0 Å². The van der Waals surface area contributed by atoms with Gasteiger partial charge in [0.15, 0.2) is 0 Å². The minimum atomic E-state index is 0.778. The maximum absolute atomic E-state index is 3.60. The van der Waals surface area contributed by atoms with Crippen molar-refractivity contribution in [3.63, 3.8) is 0 Å². The number of hydrogen-bond donors (Lipinski definition) is 2. The molecule has 3 nitrogen and oxygen atoms in total. The highest BCUT2D eigenvalue weighted by Gasteiger charge is 1.85. The van der Waals surface area contributed by atoms with Gasteiger partial charge in [-0.25, -0.2) is 0 Å². The van der Waals surface area contributed by atoms with Gasteiger partial charge in [-0.1, -0.05) is 0 Å². The van der Waals surface area contributed by atoms with Crippen LogP contribution in [-0.2, 0) is 0 Å². The monoisotopic (exact) mass is 69.0 g/mol. The first-order valence-corrected chi connectivity index (χ1v) is 1.48. The molecule has 0 amide bonds. The second-order valence-electron chi connectivity index (χ2n) is 0.797. The molecule has 26 valence electrons. The zero-order valence-electron chi connectivity index (χ0n) is 2.73. The summed E-state index contributed by atoms with van der Waals surface area (Å²) in [5, 5.41) is 9.10. The summed E-state index contributed by atoms with van der Waals surface area (Å²) >= 11 is 0. The second-order valence-corrected chi connectivity index (χ2v) is 0.797. The minimum Gasteiger partial charge on any atom is -0.401 e. The molecule has 0 unspecified atom stereocenters. The Balaban J connectivity index is 2.32. The Morgan fingerprint density at radius 2 is 2.80 bits per heavy atom. The third-order valence-electron chi connectivity index (χ3n) is 0.428. The smallest absolute Gasteiger partial charge is 0.369 e. The molecule has 0 aromatic rings. The van der Waals surface area contributed by atoms with E-state index >= 15 is 0 Å². The molecule has 0 bridgehead atoms. The summed E-state index contributed by atoms with van der Waals surface area (Å²) in [4.78, 5) is 0. The molecule has 0 atom stereocenters. The molecule has 0 aliphatic carbocycles. The largest absolute Gasteiger partial charge is 0.401 e. The van der Waals surface area contributed by atoms with Crippen LogP contribution in [0.3, 0.4) is 0 Å². The van der Waals surface area contributed by atoms with Crippen molar-refractivity contribution < 1.29 is 0 Å². The average Bonchev–Trinajstić information content (AvgIpc) is 1.76. The van der Waals surface area contributed by atoms with E-state index in [0.717, 1.165) is 7.55 Å². The van der Waals surface area contributed by atoms with Crippen LogP contribution in [0, 0.1) is 0 Å². The Bertz CT molecular complexity index is 44.9. The molecule has 1 aliphatic heterocycles. The number of hydrogen-bond acceptors (Lipinski definition) is 3. The lowest BCUT2D eigenvalue weighted by Crippen LogP contribution is -2.18. The molecule has 0 saturated heterocycles. The summed E-state index contributed by atoms with van der Waals surface area (Å²) in [5.74, 6) is 0. The van der Waals surface area contributed by atoms with Gasteiger partial charge < -0.3 is 10.6 Å². The van der Waals surface area contributed by atoms with E-state index in [1.165, 1.54) is 0 Å². The van der Waals surface area contributed by atoms with Gasteiger partial charge in [0.05, 0.1) is 6.34 Å². The Morgan fingerprint density at radius 1 is 1.80 bits per heavy atom. The summed E-state index contributed by atoms with van der Waals surface area (Å²) in [6, 6.07) is 0. The topological polar surface area (TPSA) is 36.4 Å². The normalized spacial score (nSPS) is 16.0. The molecule has 0 radical (unpaired) electrons. The number of rotatable bonds is 0. The molecule has 5 heavy (non-hydrogen) atoms. The third kappa shape index (κ3) is 0.316. The van der Waals surface area contributed by atoms with Gasteiger partial charge in [-0.15, -0.1) is 0 Å². The van der Waals surface area contributed by atoms with Crippen molar-refractivity contribution in [2.75, 3.05) is 0 Å². The molecular weight excluding hydrogens is 64.8 g/mol. The van der Waals surface area contributed by atoms with Crippen LogP contribution in [0.5, 0.6) is 0 Å². The summed E-state index contributed by atoms with van der Waals surface area (Å²) in [5.41, 5.74) is 0. The fourth-order valence-corrected chi connectivity index (χ4v) is 0.228. The van der Waals surface area contributed by atoms with Crippen LogP contribution in [0.25, 0.3) is 0 Å². The van der Waals surface area contributed by atoms with Crippen molar-refractivity contribution in [3.8, 4) is 0 Å². The summed E-state index contributed by atoms with van der Waals surface area (Å²) in [7, 11) is 0.778. The molecule has 0 saturated carbocycles. The van der Waals surface area contributed by atoms with Crippen LogP contribution < -0.4 is 10.6 Å². The van der Waals surface area contributed by atoms with Crippen molar-refractivity contribution >= 4 is 13.9 Å². The Labute approximate surface area is 30.7 Å². The maximum Gasteiger partial charge on any atom is 0.369 e. The maximum atomic E-state index is 3.60. The van der Waals surface area contributed by atoms with E-state index in [1.807, 2.05) is 0 Å². The number of nitrogens with one attached hydrogen (secondary N) is 2. The van der Waals surface area contributed by atoms with Gasteiger partial charge in [-0.3, -0.25) is 0 Å². The van der Waals surface area contributed by atoms with E-state index in [2.05, 4.69) is 15.7 Å². The van der Waals surface area contributed by atoms with Gasteiger partial charge in [0, 0.05) is 0 Å². The van der Waals surface area contributed by atoms with Gasteiger partial charge in [0.2, 0.25) is 0 Å². The highest BCUT2D eigenvalue weighted by atomic mass is 15.3. The predicted octanol–water partition coefficient (Wildman–Crippen LogP) is -1.61. The summed E-state index contributed by atoms with van der Waals surface area (Å²) in [6.45, 7) is 0. The van der Waals surface area contributed by atoms with Crippen molar-refractivity contribution in [2.45, 2.75) is 0 Å². The lowest BCUT2D eigenvalue weighted by atomic mass is 10.2. The van der Waals surface area contributed by atoms with Crippen LogP contribution in [0.1, 0.15) is 0 Å². The van der Waals surface area contributed by atoms with Crippen LogP contribution in [-0.4, -0.2) is 13.9 Å². The van der Waals surface area contributed by atoms with Gasteiger partial charge in [0.1, 0.15) is 0 Å². The Kier molecular flexibility index (Phi) is 0.496. The summed E-state index contributed by atoms with van der Waals surface area (Å²) < 4.78 is 0. The molecule has 0 fully saturated rings. The van der Waals surface area contributed by atoms with E-state index in [1.54, 1.807) is 6.34 Å². The fourth-order valence-electron chi connectivity index (χ4n) is 0.228. The molecule has 4 heteroatoms. The minimum absolute atomic E-state index is 0.778. The molecule has 1 aliphatic rings. The highest BCUT2D eigenvalue weighted by molar-refractivity contribution is 6.34. The number of hydrazone groups is 1. The van der Waals surface area contributed by atoms with Crippen molar-refractivity contribution in [1.29, 1.82) is 0 Å². The average molecular weight is 68.9 g/mol. The second kappa shape index (κ2) is 0.968. The summed E-state index contributed by atoms with van der Waals surface area (Å²) in [6.07, 6.45) is 1.62. The zero-order valence-corrected chi connectivity index (χ0v) is 2.73. The van der Waals surface area contributed by atoms with E-state index < -0.39 is 0 Å². The lowest BCUT2D eigenvalue weighted by molar-refractivity contribution is 1.11. The van der Waals surface area contributed by atoms with Gasteiger partial charge >= 0.3 is 7.55 Å².